The number of aryl methyl sites for hydroxylation is 1. The van der Waals surface area contributed by atoms with Gasteiger partial charge < -0.3 is 0 Å². The molecule has 3 nitrogen and oxygen atoms in total. The molecule has 0 aliphatic heterocycles. The monoisotopic (exact) mass is 376 g/mol. The summed E-state index contributed by atoms with van der Waals surface area (Å²) in [5, 5.41) is 0. The van der Waals surface area contributed by atoms with Gasteiger partial charge >= 0.3 is 117 Å². The van der Waals surface area contributed by atoms with E-state index < -0.39 is 26.5 Å². The van der Waals surface area contributed by atoms with Crippen LogP contribution in [-0.4, -0.2) is 42.6 Å². The summed E-state index contributed by atoms with van der Waals surface area (Å²) in [4.78, 5) is 11.8. The van der Waals surface area contributed by atoms with E-state index in [4.69, 9.17) is 4.74 Å². The number of aromatic nitrogens is 2. The molecule has 1 aromatic heterocycles. The fourth-order valence-corrected chi connectivity index (χ4v) is 6.80. The number of nitrogens with zero attached hydrogens (tertiary/aromatic N) is 2. The van der Waals surface area contributed by atoms with E-state index in [0.717, 1.165) is 6.61 Å². The third-order valence-corrected chi connectivity index (χ3v) is 9.61. The summed E-state index contributed by atoms with van der Waals surface area (Å²) in [7, 11) is -0.980. The summed E-state index contributed by atoms with van der Waals surface area (Å²) < 4.78 is 9.45. The molecule has 0 atom stereocenters. The minimum atomic E-state index is -2.11. The van der Waals surface area contributed by atoms with E-state index in [0.29, 0.717) is 6.73 Å². The quantitative estimate of drug-likeness (QED) is 0.565. The second-order valence-corrected chi connectivity index (χ2v) is 27.0. The van der Waals surface area contributed by atoms with Crippen LogP contribution in [0.25, 0.3) is 0 Å². The van der Waals surface area contributed by atoms with Crippen molar-refractivity contribution >= 4 is 30.3 Å². The molecule has 0 radical (unpaired) electrons. The van der Waals surface area contributed by atoms with Gasteiger partial charge in [-0.25, -0.2) is 0 Å². The summed E-state index contributed by atoms with van der Waals surface area (Å²) in [6, 6.07) is 1.23. The molecule has 0 aliphatic carbocycles. The van der Waals surface area contributed by atoms with Gasteiger partial charge in [-0.2, -0.15) is 0 Å². The van der Waals surface area contributed by atoms with Crippen LogP contribution in [0.4, 0.5) is 0 Å². The molecule has 0 N–H and O–H groups in total. The third kappa shape index (κ3) is 5.05. The van der Waals surface area contributed by atoms with Crippen molar-refractivity contribution in [1.82, 2.24) is 9.55 Å². The van der Waals surface area contributed by atoms with Gasteiger partial charge in [0.25, 0.3) is 0 Å². The number of hydrogen-bond donors (Lipinski definition) is 0. The van der Waals surface area contributed by atoms with Crippen molar-refractivity contribution in [2.45, 2.75) is 54.2 Å². The van der Waals surface area contributed by atoms with Crippen molar-refractivity contribution in [3.8, 4) is 0 Å². The first-order valence-electron chi connectivity index (χ1n) is 6.71. The Morgan fingerprint density at radius 3 is 2.39 bits per heavy atom. The van der Waals surface area contributed by atoms with E-state index in [2.05, 4.69) is 50.9 Å². The minimum absolute atomic E-state index is 0.680. The van der Waals surface area contributed by atoms with Crippen LogP contribution in [0.3, 0.4) is 0 Å². The van der Waals surface area contributed by atoms with Crippen LogP contribution >= 0.6 is 0 Å². The Morgan fingerprint density at radius 2 is 1.89 bits per heavy atom. The summed E-state index contributed by atoms with van der Waals surface area (Å²) in [5.41, 5.74) is 1.23. The molecular weight excluding hydrogens is 347 g/mol. The standard InChI is InChI=1S/C10H19N2OSi.3CH3.Sn/c1-10-7-11-8-12(10)9-13-5-6-14(2,3)4;;;;/h7H,5-6,9H2,1-4H3;3*1H3;. The predicted molar refractivity (Wildman–Crippen MR) is 84.0 cm³/mol. The average Bonchev–Trinajstić information content (AvgIpc) is 2.53. The topological polar surface area (TPSA) is 27.1 Å². The maximum absolute atomic E-state index is 5.86. The van der Waals surface area contributed by atoms with Gasteiger partial charge in [-0.15, -0.1) is 0 Å². The fourth-order valence-electron chi connectivity index (χ4n) is 1.76. The predicted octanol–water partition coefficient (Wildman–Crippen LogP) is 3.05. The molecule has 0 aliphatic rings. The first-order chi connectivity index (χ1) is 8.11. The van der Waals surface area contributed by atoms with Gasteiger partial charge in [0, 0.05) is 0 Å². The fraction of sp³-hybridized carbons (Fsp3) is 0.769. The van der Waals surface area contributed by atoms with Crippen LogP contribution in [0, 0.1) is 6.92 Å². The molecule has 1 heterocycles. The molecule has 0 saturated heterocycles. The van der Waals surface area contributed by atoms with Crippen LogP contribution in [0.15, 0.2) is 6.20 Å². The molecular formula is C13H28N2OSiSn. The van der Waals surface area contributed by atoms with Gasteiger partial charge in [-0.1, -0.05) is 0 Å². The average molecular weight is 375 g/mol. The van der Waals surface area contributed by atoms with Crippen molar-refractivity contribution in [2.75, 3.05) is 6.61 Å². The van der Waals surface area contributed by atoms with E-state index in [1.54, 1.807) is 0 Å². The Bertz CT molecular complexity index is 391. The van der Waals surface area contributed by atoms with Gasteiger partial charge in [0.15, 0.2) is 0 Å². The van der Waals surface area contributed by atoms with Crippen molar-refractivity contribution in [3.05, 3.63) is 11.9 Å². The van der Waals surface area contributed by atoms with Crippen LogP contribution in [0.5, 0.6) is 0 Å². The molecule has 0 spiro atoms. The molecule has 5 heteroatoms. The van der Waals surface area contributed by atoms with Gasteiger partial charge in [-0.05, 0) is 0 Å². The van der Waals surface area contributed by atoms with E-state index in [-0.39, 0.29) is 0 Å². The zero-order chi connectivity index (χ0) is 14.0. The van der Waals surface area contributed by atoms with Crippen LogP contribution in [0.2, 0.25) is 40.5 Å². The molecule has 1 rings (SSSR count). The first kappa shape index (κ1) is 16.2. The van der Waals surface area contributed by atoms with Crippen molar-refractivity contribution < 1.29 is 4.74 Å². The molecule has 0 aromatic carbocycles. The number of rotatable bonds is 6. The summed E-state index contributed by atoms with van der Waals surface area (Å²) in [5.74, 6) is 0. The molecule has 0 fully saturated rings. The van der Waals surface area contributed by atoms with Gasteiger partial charge in [0.2, 0.25) is 0 Å². The summed E-state index contributed by atoms with van der Waals surface area (Å²) >= 11 is -2.11. The number of hydrogen-bond acceptors (Lipinski definition) is 2. The van der Waals surface area contributed by atoms with Crippen LogP contribution < -0.4 is 3.84 Å². The van der Waals surface area contributed by atoms with E-state index in [1.165, 1.54) is 15.6 Å². The number of ether oxygens (including phenoxy) is 1. The van der Waals surface area contributed by atoms with Gasteiger partial charge in [0.1, 0.15) is 0 Å². The molecule has 18 heavy (non-hydrogen) atoms. The van der Waals surface area contributed by atoms with Crippen LogP contribution in [0.1, 0.15) is 5.69 Å². The summed E-state index contributed by atoms with van der Waals surface area (Å²) in [6.07, 6.45) is 1.99. The van der Waals surface area contributed by atoms with E-state index >= 15 is 0 Å². The van der Waals surface area contributed by atoms with Gasteiger partial charge in [-0.3, -0.25) is 0 Å². The van der Waals surface area contributed by atoms with Crippen molar-refractivity contribution in [3.63, 3.8) is 0 Å². The molecule has 0 amide bonds. The van der Waals surface area contributed by atoms with E-state index in [1.807, 2.05) is 6.20 Å². The Balaban J connectivity index is 2.60. The Kier molecular flexibility index (Phi) is 5.50. The third-order valence-electron chi connectivity index (χ3n) is 2.94. The van der Waals surface area contributed by atoms with Crippen molar-refractivity contribution in [2.24, 2.45) is 0 Å². The number of imidazole rings is 1. The maximum atomic E-state index is 5.86. The molecule has 0 bridgehead atoms. The van der Waals surface area contributed by atoms with E-state index in [9.17, 15) is 0 Å². The zero-order valence-corrected chi connectivity index (χ0v) is 16.9. The molecule has 1 aromatic rings. The first-order valence-corrected chi connectivity index (χ1v) is 20.4. The zero-order valence-electron chi connectivity index (χ0n) is 13.0. The Hall–Kier alpha value is 0.186. The Morgan fingerprint density at radius 1 is 1.28 bits per heavy atom. The van der Waals surface area contributed by atoms with Crippen LogP contribution in [-0.2, 0) is 11.5 Å². The van der Waals surface area contributed by atoms with Crippen molar-refractivity contribution in [1.29, 1.82) is 0 Å². The molecule has 104 valence electrons. The summed E-state index contributed by atoms with van der Waals surface area (Å²) in [6.45, 7) is 10.8. The second kappa shape index (κ2) is 6.09. The molecule has 0 unspecified atom stereocenters. The normalized spacial score (nSPS) is 13.1. The molecule has 0 saturated carbocycles. The SMILES string of the molecule is Cc1cn[c]([Sn]([CH3])([CH3])[CH3])n1COCC[Si](C)(C)C. The Labute approximate surface area is 117 Å². The van der Waals surface area contributed by atoms with Gasteiger partial charge in [0.05, 0.1) is 0 Å². The second-order valence-electron chi connectivity index (χ2n) is 7.25.